The van der Waals surface area contributed by atoms with E-state index in [0.29, 0.717) is 27.2 Å². The summed E-state index contributed by atoms with van der Waals surface area (Å²) in [6.45, 7) is 4.27. The van der Waals surface area contributed by atoms with Gasteiger partial charge in [0.1, 0.15) is 17.6 Å². The summed E-state index contributed by atoms with van der Waals surface area (Å²) >= 11 is 12.7. The maximum Gasteiger partial charge on any atom is 0.336 e. The molecule has 0 radical (unpaired) electrons. The number of piperidine rings is 1. The van der Waals surface area contributed by atoms with Crippen molar-refractivity contribution < 1.29 is 14.3 Å². The van der Waals surface area contributed by atoms with Gasteiger partial charge in [-0.25, -0.2) is 4.79 Å². The molecular formula is C31H29ClN4O3S. The van der Waals surface area contributed by atoms with Crippen molar-refractivity contribution in [1.29, 1.82) is 0 Å². The molecule has 0 spiro atoms. The SMILES string of the molecule is CC1CCN(c2ccc(N3C(=S)NC(c4ccccn4)C3c3ccc(-c4ccccc4C(=O)O)o3)cc2Cl)CC1. The van der Waals surface area contributed by atoms with Gasteiger partial charge in [0.05, 0.1) is 28.0 Å². The first-order valence-corrected chi connectivity index (χ1v) is 14.2. The summed E-state index contributed by atoms with van der Waals surface area (Å²) in [6, 6.07) is 21.7. The van der Waals surface area contributed by atoms with E-state index in [-0.39, 0.29) is 17.6 Å². The Labute approximate surface area is 243 Å². The summed E-state index contributed by atoms with van der Waals surface area (Å²) in [4.78, 5) is 20.8. The van der Waals surface area contributed by atoms with E-state index in [0.717, 1.165) is 48.9 Å². The predicted octanol–water partition coefficient (Wildman–Crippen LogP) is 7.11. The van der Waals surface area contributed by atoms with Gasteiger partial charge >= 0.3 is 5.97 Å². The van der Waals surface area contributed by atoms with E-state index in [2.05, 4.69) is 28.2 Å². The third-order valence-electron chi connectivity index (χ3n) is 7.77. The Morgan fingerprint density at radius 2 is 1.85 bits per heavy atom. The predicted molar refractivity (Wildman–Crippen MR) is 161 cm³/mol. The van der Waals surface area contributed by atoms with Gasteiger partial charge < -0.3 is 24.6 Å². The Morgan fingerprint density at radius 1 is 1.07 bits per heavy atom. The minimum absolute atomic E-state index is 0.177. The van der Waals surface area contributed by atoms with Crippen molar-refractivity contribution >= 4 is 46.3 Å². The van der Waals surface area contributed by atoms with Crippen LogP contribution in [0.25, 0.3) is 11.3 Å². The van der Waals surface area contributed by atoms with Crippen LogP contribution in [0.15, 0.2) is 83.4 Å². The molecular weight excluding hydrogens is 544 g/mol. The molecule has 2 N–H and O–H groups in total. The molecule has 2 unspecified atom stereocenters. The van der Waals surface area contributed by atoms with Crippen molar-refractivity contribution in [3.05, 3.63) is 101 Å². The number of carbonyl (C=O) groups is 1. The summed E-state index contributed by atoms with van der Waals surface area (Å²) in [5.74, 6) is 0.817. The van der Waals surface area contributed by atoms with Crippen molar-refractivity contribution in [3.8, 4) is 11.3 Å². The first-order valence-electron chi connectivity index (χ1n) is 13.4. The van der Waals surface area contributed by atoms with Gasteiger partial charge in [-0.15, -0.1) is 0 Å². The molecule has 2 aliphatic rings. The molecule has 2 atom stereocenters. The number of aromatic carboxylic acids is 1. The number of halogens is 1. The van der Waals surface area contributed by atoms with Crippen molar-refractivity contribution in [1.82, 2.24) is 10.3 Å². The van der Waals surface area contributed by atoms with E-state index in [1.54, 1.807) is 36.5 Å². The first-order chi connectivity index (χ1) is 19.4. The highest BCUT2D eigenvalue weighted by Gasteiger charge is 2.43. The molecule has 2 fully saturated rings. The molecule has 2 aromatic carbocycles. The zero-order valence-electron chi connectivity index (χ0n) is 22.0. The number of thiocarbonyl (C=S) groups is 1. The van der Waals surface area contributed by atoms with Crippen molar-refractivity contribution in [2.75, 3.05) is 22.9 Å². The van der Waals surface area contributed by atoms with E-state index in [4.69, 9.17) is 28.2 Å². The molecule has 0 bridgehead atoms. The number of hydrogen-bond acceptors (Lipinski definition) is 5. The van der Waals surface area contributed by atoms with Crippen molar-refractivity contribution in [3.63, 3.8) is 0 Å². The third kappa shape index (κ3) is 4.93. The largest absolute Gasteiger partial charge is 0.478 e. The molecule has 9 heteroatoms. The smallest absolute Gasteiger partial charge is 0.336 e. The molecule has 0 saturated carbocycles. The second kappa shape index (κ2) is 10.9. The summed E-state index contributed by atoms with van der Waals surface area (Å²) in [5.41, 5.74) is 3.36. The molecule has 2 saturated heterocycles. The number of anilines is 2. The molecule has 2 aromatic heterocycles. The van der Waals surface area contributed by atoms with Crippen molar-refractivity contribution in [2.45, 2.75) is 31.8 Å². The van der Waals surface area contributed by atoms with Gasteiger partial charge in [0.25, 0.3) is 0 Å². The number of carboxylic acids is 1. The Hall–Kier alpha value is -3.88. The lowest BCUT2D eigenvalue weighted by atomic mass is 9.98. The third-order valence-corrected chi connectivity index (χ3v) is 8.39. The fourth-order valence-electron chi connectivity index (χ4n) is 5.61. The monoisotopic (exact) mass is 572 g/mol. The summed E-state index contributed by atoms with van der Waals surface area (Å²) in [6.07, 6.45) is 4.05. The molecule has 4 aromatic rings. The lowest BCUT2D eigenvalue weighted by Gasteiger charge is -2.33. The average Bonchev–Trinajstić information content (AvgIpc) is 3.58. The van der Waals surface area contributed by atoms with Crippen molar-refractivity contribution in [2.24, 2.45) is 5.92 Å². The Kier molecular flexibility index (Phi) is 7.21. The highest BCUT2D eigenvalue weighted by molar-refractivity contribution is 7.80. The van der Waals surface area contributed by atoms with Crippen LogP contribution >= 0.6 is 23.8 Å². The zero-order chi connectivity index (χ0) is 27.8. The van der Waals surface area contributed by atoms with Gasteiger partial charge in [-0.2, -0.15) is 0 Å². The second-order valence-electron chi connectivity index (χ2n) is 10.4. The summed E-state index contributed by atoms with van der Waals surface area (Å²) in [7, 11) is 0. The maximum atomic E-state index is 11.9. The lowest BCUT2D eigenvalue weighted by molar-refractivity contribution is 0.0697. The number of nitrogens with zero attached hydrogens (tertiary/aromatic N) is 3. The fraction of sp³-hybridized carbons (Fsp3) is 0.258. The Morgan fingerprint density at radius 3 is 2.58 bits per heavy atom. The van der Waals surface area contributed by atoms with Gasteiger partial charge in [0.2, 0.25) is 0 Å². The van der Waals surface area contributed by atoms with E-state index in [1.807, 2.05) is 41.3 Å². The fourth-order valence-corrected chi connectivity index (χ4v) is 6.25. The first kappa shape index (κ1) is 26.3. The number of hydrogen-bond donors (Lipinski definition) is 2. The van der Waals surface area contributed by atoms with E-state index >= 15 is 0 Å². The Bertz CT molecular complexity index is 1550. The number of aromatic nitrogens is 1. The molecule has 7 nitrogen and oxygen atoms in total. The van der Waals surface area contributed by atoms with Crippen LogP contribution in [0.3, 0.4) is 0 Å². The van der Waals surface area contributed by atoms with Crippen LogP contribution in [0.1, 0.15) is 53.7 Å². The Balaban J connectivity index is 1.40. The number of nitrogens with one attached hydrogen (secondary N) is 1. The normalized spacial score (nSPS) is 19.6. The molecule has 0 aliphatic carbocycles. The van der Waals surface area contributed by atoms with Gasteiger partial charge in [0.15, 0.2) is 5.11 Å². The van der Waals surface area contributed by atoms with Crippen LogP contribution in [0.2, 0.25) is 5.02 Å². The van der Waals surface area contributed by atoms with Crippen LogP contribution in [0.5, 0.6) is 0 Å². The molecule has 2 aliphatic heterocycles. The molecule has 204 valence electrons. The molecule has 4 heterocycles. The van der Waals surface area contributed by atoms with Crippen LogP contribution in [0.4, 0.5) is 11.4 Å². The summed E-state index contributed by atoms with van der Waals surface area (Å²) < 4.78 is 6.38. The van der Waals surface area contributed by atoms with E-state index < -0.39 is 5.97 Å². The number of rotatable bonds is 6. The van der Waals surface area contributed by atoms with Gasteiger partial charge in [-0.1, -0.05) is 42.8 Å². The van der Waals surface area contributed by atoms with Gasteiger partial charge in [-0.3, -0.25) is 4.98 Å². The standard InChI is InChI=1S/C31H29ClN4O3S/c1-19-13-16-35(17-14-19)25-10-9-20(18-23(25)32)36-29(28(34-31(36)40)24-8-4-5-15-33-24)27-12-11-26(39-27)21-6-2-3-7-22(21)30(37)38/h2-12,15,18-19,28-29H,13-14,16-17H2,1H3,(H,34,40)(H,37,38). The maximum absolute atomic E-state index is 11.9. The topological polar surface area (TPSA) is 81.8 Å². The molecule has 6 rings (SSSR count). The number of pyridine rings is 1. The van der Waals surface area contributed by atoms with E-state index in [9.17, 15) is 9.90 Å². The highest BCUT2D eigenvalue weighted by atomic mass is 35.5. The number of furan rings is 1. The van der Waals surface area contributed by atoms with Crippen LogP contribution in [-0.2, 0) is 0 Å². The zero-order valence-corrected chi connectivity index (χ0v) is 23.5. The number of benzene rings is 2. The molecule has 40 heavy (non-hydrogen) atoms. The quantitative estimate of drug-likeness (QED) is 0.237. The highest BCUT2D eigenvalue weighted by Crippen LogP contribution is 2.44. The molecule has 0 amide bonds. The average molecular weight is 573 g/mol. The lowest BCUT2D eigenvalue weighted by Crippen LogP contribution is -2.33. The van der Waals surface area contributed by atoms with Crippen LogP contribution < -0.4 is 15.1 Å². The minimum Gasteiger partial charge on any atom is -0.478 e. The second-order valence-corrected chi connectivity index (χ2v) is 11.1. The minimum atomic E-state index is -1.01. The van der Waals surface area contributed by atoms with Gasteiger partial charge in [0, 0.05) is 30.5 Å². The number of carboxylic acid groups (broad SMARTS) is 1. The van der Waals surface area contributed by atoms with Crippen LogP contribution in [-0.4, -0.2) is 34.3 Å². The van der Waals surface area contributed by atoms with Gasteiger partial charge in [-0.05, 0) is 79.5 Å². The van der Waals surface area contributed by atoms with E-state index in [1.165, 1.54) is 0 Å². The van der Waals surface area contributed by atoms with Crippen LogP contribution in [0, 0.1) is 5.92 Å². The summed E-state index contributed by atoms with van der Waals surface area (Å²) in [5, 5.41) is 14.4.